The number of hydrogen-bond acceptors (Lipinski definition) is 6. The molecular weight excluding hydrogens is 811 g/mol. The summed E-state index contributed by atoms with van der Waals surface area (Å²) in [5, 5.41) is 7.13. The van der Waals surface area contributed by atoms with E-state index in [4.69, 9.17) is 30.9 Å². The quantitative estimate of drug-likeness (QED) is 0.155. The number of benzene rings is 7. The maximum absolute atomic E-state index is 6.54. The van der Waals surface area contributed by atoms with Crippen LogP contribution in [0.3, 0.4) is 0 Å². The van der Waals surface area contributed by atoms with Crippen LogP contribution in [0.2, 0.25) is 5.28 Å². The molecule has 1 aliphatic heterocycles. The molecule has 11 aromatic rings. The number of pyridine rings is 1. The predicted octanol–water partition coefficient (Wildman–Crippen LogP) is 12.6. The first-order chi connectivity index (χ1) is 31.1. The van der Waals surface area contributed by atoms with Crippen LogP contribution in [0.1, 0.15) is 27.7 Å². The maximum Gasteiger partial charge on any atom is 0.496 e. The zero-order valence-electron chi connectivity index (χ0n) is 35.6. The average molecular weight is 851 g/mol. The SMILES string of the molecule is CC1(C)OB(c2ccc(-n3c4ccccc4c4cc5c6c7ccccc7c(-c7cccc(-c8nc(Cl)nc(-c9ccccc9)n8)c7)cc6n(-c6ccccc6)c5cc43)nc2)OC1(C)C. The monoisotopic (exact) mass is 850 g/mol. The first-order valence-corrected chi connectivity index (χ1v) is 21.9. The Morgan fingerprint density at radius 3 is 1.84 bits per heavy atom. The second-order valence-electron chi connectivity index (χ2n) is 17.5. The molecule has 1 fully saturated rings. The van der Waals surface area contributed by atoms with E-state index in [1.54, 1.807) is 0 Å². The fourth-order valence-corrected chi connectivity index (χ4v) is 9.51. The molecular formula is C54H40BClN6O2. The van der Waals surface area contributed by atoms with Gasteiger partial charge in [-0.1, -0.05) is 115 Å². The number of nitrogens with zero attached hydrogens (tertiary/aromatic N) is 6. The molecule has 7 aromatic carbocycles. The van der Waals surface area contributed by atoms with Crippen LogP contribution in [0.15, 0.2) is 170 Å². The Morgan fingerprint density at radius 2 is 1.11 bits per heavy atom. The molecule has 64 heavy (non-hydrogen) atoms. The summed E-state index contributed by atoms with van der Waals surface area (Å²) < 4.78 is 17.4. The van der Waals surface area contributed by atoms with E-state index in [2.05, 4.69) is 174 Å². The van der Waals surface area contributed by atoms with E-state index in [1.807, 2.05) is 42.6 Å². The van der Waals surface area contributed by atoms with Crippen molar-refractivity contribution >= 4 is 78.6 Å². The summed E-state index contributed by atoms with van der Waals surface area (Å²) in [5.41, 5.74) is 9.26. The third-order valence-electron chi connectivity index (χ3n) is 13.2. The Morgan fingerprint density at radius 1 is 0.484 bits per heavy atom. The van der Waals surface area contributed by atoms with Crippen molar-refractivity contribution in [2.45, 2.75) is 38.9 Å². The normalized spacial score (nSPS) is 14.7. The molecule has 0 unspecified atom stereocenters. The molecule has 0 aliphatic carbocycles. The molecule has 1 saturated heterocycles. The molecule has 0 amide bonds. The van der Waals surface area contributed by atoms with Gasteiger partial charge in [-0.3, -0.25) is 4.57 Å². The molecule has 0 atom stereocenters. The summed E-state index contributed by atoms with van der Waals surface area (Å²) in [6.07, 6.45) is 1.89. The van der Waals surface area contributed by atoms with Crippen molar-refractivity contribution in [1.82, 2.24) is 29.1 Å². The van der Waals surface area contributed by atoms with E-state index < -0.39 is 18.3 Å². The summed E-state index contributed by atoms with van der Waals surface area (Å²) in [7, 11) is -0.497. The minimum Gasteiger partial charge on any atom is -0.399 e. The van der Waals surface area contributed by atoms with E-state index in [-0.39, 0.29) is 5.28 Å². The van der Waals surface area contributed by atoms with Gasteiger partial charge in [0.1, 0.15) is 5.82 Å². The molecule has 12 rings (SSSR count). The predicted molar refractivity (Wildman–Crippen MR) is 261 cm³/mol. The Bertz CT molecular complexity index is 3630. The van der Waals surface area contributed by atoms with Crippen LogP contribution in [0.25, 0.3) is 99.8 Å². The standard InChI is InChI=1S/C54H40BClN6O2/c1-53(2)54(3,4)64-55(63-53)36-26-27-48(57-32-36)62-44-25-14-13-23-39(44)42-29-43-46(31-45(42)62)61(37-20-9-6-10-21-37)47-30-41(38-22-11-12-24-40(38)49(43)47)34-18-15-19-35(28-34)51-58-50(59-52(56)60-51)33-16-7-5-8-17-33/h5-32H,1-4H3. The first kappa shape index (κ1) is 38.5. The van der Waals surface area contributed by atoms with Gasteiger partial charge >= 0.3 is 7.12 Å². The van der Waals surface area contributed by atoms with Gasteiger partial charge in [0, 0.05) is 50.0 Å². The molecule has 0 radical (unpaired) electrons. The lowest BCUT2D eigenvalue weighted by Crippen LogP contribution is -2.41. The second kappa shape index (κ2) is 14.4. The minimum atomic E-state index is -0.497. The van der Waals surface area contributed by atoms with Crippen molar-refractivity contribution in [3.8, 4) is 45.4 Å². The largest absolute Gasteiger partial charge is 0.496 e. The van der Waals surface area contributed by atoms with Gasteiger partial charge in [0.25, 0.3) is 0 Å². The minimum absolute atomic E-state index is 0.149. The van der Waals surface area contributed by atoms with Gasteiger partial charge in [-0.15, -0.1) is 0 Å². The molecule has 10 heteroatoms. The van der Waals surface area contributed by atoms with E-state index in [0.717, 1.165) is 82.8 Å². The van der Waals surface area contributed by atoms with Gasteiger partial charge in [-0.2, -0.15) is 9.97 Å². The highest BCUT2D eigenvalue weighted by Crippen LogP contribution is 2.45. The summed E-state index contributed by atoms with van der Waals surface area (Å²) in [4.78, 5) is 19.0. The summed E-state index contributed by atoms with van der Waals surface area (Å²) in [6.45, 7) is 8.28. The molecule has 0 bridgehead atoms. The third kappa shape index (κ3) is 6.07. The van der Waals surface area contributed by atoms with Gasteiger partial charge in [-0.05, 0) is 110 Å². The summed E-state index contributed by atoms with van der Waals surface area (Å²) in [6, 6.07) is 57.4. The highest BCUT2D eigenvalue weighted by atomic mass is 35.5. The number of halogens is 1. The highest BCUT2D eigenvalue weighted by molar-refractivity contribution is 6.62. The van der Waals surface area contributed by atoms with E-state index >= 15 is 0 Å². The Balaban J connectivity index is 1.08. The van der Waals surface area contributed by atoms with Crippen molar-refractivity contribution in [2.75, 3.05) is 0 Å². The number of rotatable bonds is 6. The van der Waals surface area contributed by atoms with Crippen LogP contribution < -0.4 is 5.46 Å². The molecule has 0 saturated carbocycles. The van der Waals surface area contributed by atoms with Crippen LogP contribution >= 0.6 is 11.6 Å². The van der Waals surface area contributed by atoms with Crippen LogP contribution in [-0.4, -0.2) is 47.4 Å². The van der Waals surface area contributed by atoms with Crippen LogP contribution in [0.4, 0.5) is 0 Å². The molecule has 4 aromatic heterocycles. The topological polar surface area (TPSA) is 79.9 Å². The van der Waals surface area contributed by atoms with Crippen LogP contribution in [-0.2, 0) is 9.31 Å². The molecule has 0 spiro atoms. The fourth-order valence-electron chi connectivity index (χ4n) is 9.35. The van der Waals surface area contributed by atoms with Gasteiger partial charge in [-0.25, -0.2) is 9.97 Å². The zero-order chi connectivity index (χ0) is 43.3. The lowest BCUT2D eigenvalue weighted by Gasteiger charge is -2.32. The van der Waals surface area contributed by atoms with E-state index in [1.165, 1.54) is 10.8 Å². The van der Waals surface area contributed by atoms with Crippen molar-refractivity contribution in [1.29, 1.82) is 0 Å². The lowest BCUT2D eigenvalue weighted by molar-refractivity contribution is 0.00578. The Kier molecular flexibility index (Phi) is 8.69. The zero-order valence-corrected chi connectivity index (χ0v) is 36.4. The number of hydrogen-bond donors (Lipinski definition) is 0. The average Bonchev–Trinajstić information content (AvgIpc) is 3.90. The molecule has 1 aliphatic rings. The number of para-hydroxylation sites is 2. The van der Waals surface area contributed by atoms with Crippen LogP contribution in [0, 0.1) is 0 Å². The second-order valence-corrected chi connectivity index (χ2v) is 17.8. The molecule has 8 nitrogen and oxygen atoms in total. The summed E-state index contributed by atoms with van der Waals surface area (Å²) >= 11 is 6.54. The summed E-state index contributed by atoms with van der Waals surface area (Å²) in [5.74, 6) is 1.86. The Labute approximate surface area is 374 Å². The molecule has 0 N–H and O–H groups in total. The van der Waals surface area contributed by atoms with Gasteiger partial charge in [0.15, 0.2) is 11.6 Å². The smallest absolute Gasteiger partial charge is 0.399 e. The van der Waals surface area contributed by atoms with E-state index in [0.29, 0.717) is 11.6 Å². The third-order valence-corrected chi connectivity index (χ3v) is 13.3. The molecule has 308 valence electrons. The van der Waals surface area contributed by atoms with E-state index in [9.17, 15) is 0 Å². The maximum atomic E-state index is 6.54. The molecule has 5 heterocycles. The van der Waals surface area contributed by atoms with Gasteiger partial charge in [0.05, 0.1) is 33.3 Å². The number of aromatic nitrogens is 6. The lowest BCUT2D eigenvalue weighted by atomic mass is 9.80. The van der Waals surface area contributed by atoms with Crippen LogP contribution in [0.5, 0.6) is 0 Å². The first-order valence-electron chi connectivity index (χ1n) is 21.5. The number of fused-ring (bicyclic) bond motifs is 8. The van der Waals surface area contributed by atoms with Crippen molar-refractivity contribution in [2.24, 2.45) is 0 Å². The fraction of sp³-hybridized carbons (Fsp3) is 0.111. The van der Waals surface area contributed by atoms with Gasteiger partial charge < -0.3 is 13.9 Å². The van der Waals surface area contributed by atoms with Crippen molar-refractivity contribution in [3.05, 3.63) is 175 Å². The highest BCUT2D eigenvalue weighted by Gasteiger charge is 2.51. The Hall–Kier alpha value is -7.17. The van der Waals surface area contributed by atoms with Crippen molar-refractivity contribution < 1.29 is 9.31 Å². The van der Waals surface area contributed by atoms with Gasteiger partial charge in [0.2, 0.25) is 5.28 Å². The van der Waals surface area contributed by atoms with Crippen molar-refractivity contribution in [3.63, 3.8) is 0 Å².